The van der Waals surface area contributed by atoms with Crippen molar-refractivity contribution in [3.8, 4) is 0 Å². The molecule has 0 aliphatic rings. The van der Waals surface area contributed by atoms with Crippen molar-refractivity contribution in [1.29, 1.82) is 0 Å². The fraction of sp³-hybridized carbons (Fsp3) is 1.00. The Kier molecular flexibility index (Phi) is 5.76. The van der Waals surface area contributed by atoms with Gasteiger partial charge in [0.2, 0.25) is 0 Å². The molecule has 0 saturated carbocycles. The average Bonchev–Trinajstić information content (AvgIpc) is 1.80. The van der Waals surface area contributed by atoms with Crippen LogP contribution in [0, 0.1) is 0 Å². The van der Waals surface area contributed by atoms with Crippen LogP contribution in [0.1, 0.15) is 6.42 Å². The molecule has 0 bridgehead atoms. The van der Waals surface area contributed by atoms with Crippen LogP contribution in [0.25, 0.3) is 0 Å². The second-order valence-corrected chi connectivity index (χ2v) is 3.76. The summed E-state index contributed by atoms with van der Waals surface area (Å²) in [6.07, 6.45) is -12.1. The molecule has 0 aliphatic carbocycles. The summed E-state index contributed by atoms with van der Waals surface area (Å²) in [5.74, 6) is 0. The zero-order valence-corrected chi connectivity index (χ0v) is 8.00. The molecule has 0 N–H and O–H groups in total. The standard InChI is InChI=1S/C4H4F6O3S.Li/c5-2(1-3(6,7)8)4(9,10)14(11,12)13;/h2H,1H2,(H,11,12,13);/q;+1/p-1. The van der Waals surface area contributed by atoms with Gasteiger partial charge in [-0.1, -0.05) is 0 Å². The number of hydrogen-bond donors (Lipinski definition) is 0. The summed E-state index contributed by atoms with van der Waals surface area (Å²) < 4.78 is 99.3. The van der Waals surface area contributed by atoms with Gasteiger partial charge in [-0.25, -0.2) is 12.8 Å². The molecule has 0 amide bonds. The van der Waals surface area contributed by atoms with Crippen molar-refractivity contribution in [3.05, 3.63) is 0 Å². The molecule has 0 aromatic heterocycles. The summed E-state index contributed by atoms with van der Waals surface area (Å²) in [6.45, 7) is 0. The second kappa shape index (κ2) is 4.95. The van der Waals surface area contributed by atoms with Crippen molar-refractivity contribution in [1.82, 2.24) is 0 Å². The Morgan fingerprint density at radius 2 is 1.47 bits per heavy atom. The van der Waals surface area contributed by atoms with Crippen molar-refractivity contribution in [2.24, 2.45) is 0 Å². The van der Waals surface area contributed by atoms with Crippen LogP contribution in [0.2, 0.25) is 0 Å². The van der Waals surface area contributed by atoms with Crippen LogP contribution in [0.5, 0.6) is 0 Å². The van der Waals surface area contributed by atoms with E-state index >= 15 is 0 Å². The zero-order chi connectivity index (χ0) is 11.8. The third-order valence-electron chi connectivity index (χ3n) is 1.11. The Morgan fingerprint density at radius 1 is 1.13 bits per heavy atom. The van der Waals surface area contributed by atoms with E-state index in [1.165, 1.54) is 0 Å². The topological polar surface area (TPSA) is 57.2 Å². The zero-order valence-electron chi connectivity index (χ0n) is 7.19. The van der Waals surface area contributed by atoms with Gasteiger partial charge in [0.05, 0.1) is 6.42 Å². The quantitative estimate of drug-likeness (QED) is 0.346. The third-order valence-corrected chi connectivity index (χ3v) is 2.03. The SMILES string of the molecule is O=S(=O)([O-])C(F)(F)C(F)CC(F)(F)F.[Li+]. The monoisotopic (exact) mass is 252 g/mol. The van der Waals surface area contributed by atoms with Crippen molar-refractivity contribution < 1.29 is 58.2 Å². The predicted molar refractivity (Wildman–Crippen MR) is 30.2 cm³/mol. The molecular formula is C4H3F6LiO3S. The van der Waals surface area contributed by atoms with Gasteiger partial charge in [0, 0.05) is 0 Å². The molecule has 0 heterocycles. The van der Waals surface area contributed by atoms with E-state index in [0.717, 1.165) is 0 Å². The Bertz CT molecular complexity index is 298. The molecule has 15 heavy (non-hydrogen) atoms. The van der Waals surface area contributed by atoms with E-state index < -0.39 is 34.1 Å². The van der Waals surface area contributed by atoms with Crippen molar-refractivity contribution in [2.45, 2.75) is 24.0 Å². The van der Waals surface area contributed by atoms with Gasteiger partial charge in [-0.2, -0.15) is 22.0 Å². The third kappa shape index (κ3) is 5.10. The maximum absolute atomic E-state index is 12.1. The van der Waals surface area contributed by atoms with Crippen molar-refractivity contribution in [3.63, 3.8) is 0 Å². The van der Waals surface area contributed by atoms with Gasteiger partial charge in [-0.3, -0.25) is 0 Å². The molecular weight excluding hydrogens is 249 g/mol. The number of rotatable bonds is 3. The van der Waals surface area contributed by atoms with Gasteiger partial charge < -0.3 is 4.55 Å². The molecule has 3 nitrogen and oxygen atoms in total. The van der Waals surface area contributed by atoms with Crippen molar-refractivity contribution in [2.75, 3.05) is 0 Å². The molecule has 86 valence electrons. The van der Waals surface area contributed by atoms with E-state index in [0.29, 0.717) is 0 Å². The maximum atomic E-state index is 12.1. The molecule has 0 aliphatic heterocycles. The Labute approximate surface area is 92.8 Å². The van der Waals surface area contributed by atoms with Crippen LogP contribution < -0.4 is 18.9 Å². The molecule has 0 saturated heterocycles. The van der Waals surface area contributed by atoms with Crippen LogP contribution in [-0.2, 0) is 10.1 Å². The number of halogens is 6. The van der Waals surface area contributed by atoms with Gasteiger partial charge in [0.1, 0.15) is 0 Å². The average molecular weight is 252 g/mol. The van der Waals surface area contributed by atoms with E-state index in [1.54, 1.807) is 0 Å². The molecule has 0 aromatic carbocycles. The van der Waals surface area contributed by atoms with E-state index in [1.807, 2.05) is 0 Å². The summed E-state index contributed by atoms with van der Waals surface area (Å²) in [7, 11) is -6.43. The molecule has 0 fully saturated rings. The molecule has 0 rings (SSSR count). The summed E-state index contributed by atoms with van der Waals surface area (Å²) in [5.41, 5.74) is 0. The predicted octanol–water partition coefficient (Wildman–Crippen LogP) is -1.58. The largest absolute Gasteiger partial charge is 1.00 e. The maximum Gasteiger partial charge on any atom is 1.00 e. The van der Waals surface area contributed by atoms with Crippen LogP contribution in [-0.4, -0.2) is 30.6 Å². The van der Waals surface area contributed by atoms with Gasteiger partial charge in [0.25, 0.3) is 0 Å². The molecule has 0 aromatic rings. The molecule has 1 atom stereocenters. The van der Waals surface area contributed by atoms with E-state index in [2.05, 4.69) is 0 Å². The normalized spacial score (nSPS) is 15.7. The van der Waals surface area contributed by atoms with Crippen molar-refractivity contribution >= 4 is 10.1 Å². The second-order valence-electron chi connectivity index (χ2n) is 2.30. The first-order chi connectivity index (χ1) is 5.88. The summed E-state index contributed by atoms with van der Waals surface area (Å²) in [6, 6.07) is 0. The fourth-order valence-corrected chi connectivity index (χ4v) is 0.875. The van der Waals surface area contributed by atoms with E-state index in [-0.39, 0.29) is 18.9 Å². The number of hydrogen-bond acceptors (Lipinski definition) is 3. The first-order valence-electron chi connectivity index (χ1n) is 2.92. The first kappa shape index (κ1) is 17.5. The van der Waals surface area contributed by atoms with Crippen LogP contribution in [0.15, 0.2) is 0 Å². The van der Waals surface area contributed by atoms with Gasteiger partial charge in [-0.15, -0.1) is 0 Å². The van der Waals surface area contributed by atoms with E-state index in [9.17, 15) is 39.3 Å². The van der Waals surface area contributed by atoms with Gasteiger partial charge >= 0.3 is 30.3 Å². The molecule has 1 unspecified atom stereocenters. The van der Waals surface area contributed by atoms with E-state index in [4.69, 9.17) is 0 Å². The van der Waals surface area contributed by atoms with Crippen LogP contribution in [0.4, 0.5) is 26.3 Å². The van der Waals surface area contributed by atoms with Crippen LogP contribution in [0.3, 0.4) is 0 Å². The Morgan fingerprint density at radius 3 is 1.67 bits per heavy atom. The first-order valence-corrected chi connectivity index (χ1v) is 4.33. The molecule has 11 heteroatoms. The Hall–Kier alpha value is 0.0874. The summed E-state index contributed by atoms with van der Waals surface area (Å²) >= 11 is 0. The fourth-order valence-electron chi connectivity index (χ4n) is 0.479. The summed E-state index contributed by atoms with van der Waals surface area (Å²) in [4.78, 5) is 0. The Balaban J connectivity index is 0. The minimum absolute atomic E-state index is 0. The number of alkyl halides is 6. The smallest absolute Gasteiger partial charge is 0.743 e. The van der Waals surface area contributed by atoms with Gasteiger partial charge in [0.15, 0.2) is 16.3 Å². The molecule has 0 spiro atoms. The van der Waals surface area contributed by atoms with Gasteiger partial charge in [-0.05, 0) is 0 Å². The van der Waals surface area contributed by atoms with Crippen LogP contribution >= 0.6 is 0 Å². The molecule has 0 radical (unpaired) electrons. The minimum atomic E-state index is -6.43. The minimum Gasteiger partial charge on any atom is -0.743 e. The summed E-state index contributed by atoms with van der Waals surface area (Å²) in [5, 5.41) is -5.57.